The summed E-state index contributed by atoms with van der Waals surface area (Å²) >= 11 is 0. The second kappa shape index (κ2) is 8.65. The maximum atomic E-state index is 12.6. The lowest BCUT2D eigenvalue weighted by Gasteiger charge is -2.31. The van der Waals surface area contributed by atoms with Gasteiger partial charge >= 0.3 is 17.9 Å². The Morgan fingerprint density at radius 2 is 1.46 bits per heavy atom. The van der Waals surface area contributed by atoms with Crippen LogP contribution in [0.15, 0.2) is 0 Å². The number of carbonyl (C=O) groups is 4. The van der Waals surface area contributed by atoms with Crippen LogP contribution in [0.1, 0.15) is 40.5 Å². The van der Waals surface area contributed by atoms with Gasteiger partial charge in [-0.1, -0.05) is 13.3 Å². The van der Waals surface area contributed by atoms with Crippen molar-refractivity contribution in [2.45, 2.75) is 46.1 Å². The molecule has 1 fully saturated rings. The number of hydrogen-bond donors (Lipinski definition) is 1. The molecule has 0 aromatic heterocycles. The molecule has 1 saturated heterocycles. The van der Waals surface area contributed by atoms with Crippen molar-refractivity contribution in [3.63, 3.8) is 0 Å². The first-order chi connectivity index (χ1) is 11.4. The second-order valence-corrected chi connectivity index (χ2v) is 5.36. The predicted molar refractivity (Wildman–Crippen MR) is 82.7 cm³/mol. The molecular formula is C16H25NO7. The van der Waals surface area contributed by atoms with Crippen molar-refractivity contribution < 1.29 is 33.4 Å². The number of amides is 1. The maximum absolute atomic E-state index is 12.6. The van der Waals surface area contributed by atoms with Gasteiger partial charge in [0.15, 0.2) is 0 Å². The summed E-state index contributed by atoms with van der Waals surface area (Å²) in [6.45, 7) is 6.76. The van der Waals surface area contributed by atoms with E-state index in [1.807, 2.05) is 6.92 Å². The normalized spacial score (nSPS) is 21.8. The first-order valence-electron chi connectivity index (χ1n) is 8.23. The first kappa shape index (κ1) is 19.9. The fraction of sp³-hybridized carbons (Fsp3) is 0.750. The summed E-state index contributed by atoms with van der Waals surface area (Å²) in [5.74, 6) is -5.49. The SMILES string of the molecule is CCC[C@@H]1[C@H](C(=O)OCC)C(=O)NC1(C(=O)OCC)C(=O)OCC. The Labute approximate surface area is 141 Å². The zero-order chi connectivity index (χ0) is 18.3. The molecular weight excluding hydrogens is 318 g/mol. The molecule has 1 heterocycles. The van der Waals surface area contributed by atoms with Crippen LogP contribution in [-0.4, -0.2) is 49.2 Å². The van der Waals surface area contributed by atoms with E-state index < -0.39 is 41.2 Å². The van der Waals surface area contributed by atoms with Gasteiger partial charge in [-0.15, -0.1) is 0 Å². The predicted octanol–water partition coefficient (Wildman–Crippen LogP) is 0.577. The third-order valence-corrected chi connectivity index (χ3v) is 3.90. The number of esters is 3. The van der Waals surface area contributed by atoms with Gasteiger partial charge in [-0.25, -0.2) is 9.59 Å². The van der Waals surface area contributed by atoms with Crippen LogP contribution in [0.3, 0.4) is 0 Å². The standard InChI is InChI=1S/C16H25NO7/c1-5-9-10-11(13(19)22-6-2)12(18)17-16(10,14(20)23-7-3)15(21)24-8-4/h10-11H,5-9H2,1-4H3,(H,17,18)/t10-,11+/m1/s1. The lowest BCUT2D eigenvalue weighted by atomic mass is 9.77. The summed E-state index contributed by atoms with van der Waals surface area (Å²) in [5, 5.41) is 2.37. The van der Waals surface area contributed by atoms with E-state index in [2.05, 4.69) is 5.32 Å². The van der Waals surface area contributed by atoms with Gasteiger partial charge in [0, 0.05) is 5.92 Å². The Hall–Kier alpha value is -2.12. The molecule has 0 radical (unpaired) electrons. The van der Waals surface area contributed by atoms with Crippen LogP contribution in [0, 0.1) is 11.8 Å². The zero-order valence-corrected chi connectivity index (χ0v) is 14.5. The minimum atomic E-state index is -2.02. The monoisotopic (exact) mass is 343 g/mol. The number of hydrogen-bond acceptors (Lipinski definition) is 7. The highest BCUT2D eigenvalue weighted by molar-refractivity contribution is 6.14. The summed E-state index contributed by atoms with van der Waals surface area (Å²) < 4.78 is 14.9. The second-order valence-electron chi connectivity index (χ2n) is 5.36. The van der Waals surface area contributed by atoms with Crippen LogP contribution in [0.25, 0.3) is 0 Å². The largest absolute Gasteiger partial charge is 0.465 e. The topological polar surface area (TPSA) is 108 Å². The van der Waals surface area contributed by atoms with Crippen LogP contribution in [0.5, 0.6) is 0 Å². The van der Waals surface area contributed by atoms with Crippen molar-refractivity contribution in [3.8, 4) is 0 Å². The minimum Gasteiger partial charge on any atom is -0.465 e. The molecule has 0 spiro atoms. The van der Waals surface area contributed by atoms with Crippen LogP contribution < -0.4 is 5.32 Å². The van der Waals surface area contributed by atoms with Gasteiger partial charge in [0.2, 0.25) is 11.4 Å². The van der Waals surface area contributed by atoms with Gasteiger partial charge in [0.05, 0.1) is 19.8 Å². The van der Waals surface area contributed by atoms with Crippen LogP contribution >= 0.6 is 0 Å². The molecule has 0 bridgehead atoms. The maximum Gasteiger partial charge on any atom is 0.344 e. The first-order valence-corrected chi connectivity index (χ1v) is 8.23. The molecule has 0 aromatic rings. The smallest absolute Gasteiger partial charge is 0.344 e. The molecule has 24 heavy (non-hydrogen) atoms. The molecule has 1 rings (SSSR count). The van der Waals surface area contributed by atoms with Gasteiger partial charge in [0.25, 0.3) is 0 Å². The third-order valence-electron chi connectivity index (χ3n) is 3.90. The zero-order valence-electron chi connectivity index (χ0n) is 14.5. The number of carbonyl (C=O) groups excluding carboxylic acids is 4. The minimum absolute atomic E-state index is 0.0266. The molecule has 2 atom stereocenters. The lowest BCUT2D eigenvalue weighted by molar-refractivity contribution is -0.169. The van der Waals surface area contributed by atoms with Gasteiger partial charge in [-0.3, -0.25) is 9.59 Å². The van der Waals surface area contributed by atoms with Crippen LogP contribution in [-0.2, 0) is 33.4 Å². The van der Waals surface area contributed by atoms with E-state index in [9.17, 15) is 19.2 Å². The summed E-state index contributed by atoms with van der Waals surface area (Å²) in [4.78, 5) is 49.7. The van der Waals surface area contributed by atoms with Crippen molar-refractivity contribution in [1.29, 1.82) is 0 Å². The molecule has 1 aliphatic rings. The molecule has 8 heteroatoms. The highest BCUT2D eigenvalue weighted by Crippen LogP contribution is 2.39. The van der Waals surface area contributed by atoms with Crippen molar-refractivity contribution in [3.05, 3.63) is 0 Å². The third kappa shape index (κ3) is 3.52. The lowest BCUT2D eigenvalue weighted by Crippen LogP contribution is -2.61. The Morgan fingerprint density at radius 3 is 1.88 bits per heavy atom. The van der Waals surface area contributed by atoms with Crippen LogP contribution in [0.2, 0.25) is 0 Å². The van der Waals surface area contributed by atoms with Gasteiger partial charge < -0.3 is 19.5 Å². The number of nitrogens with one attached hydrogen (secondary N) is 1. The van der Waals surface area contributed by atoms with Gasteiger partial charge in [0.1, 0.15) is 5.92 Å². The average Bonchev–Trinajstić information content (AvgIpc) is 2.82. The molecule has 1 amide bonds. The van der Waals surface area contributed by atoms with E-state index in [1.165, 1.54) is 0 Å². The van der Waals surface area contributed by atoms with Crippen molar-refractivity contribution in [1.82, 2.24) is 5.32 Å². The fourth-order valence-electron chi connectivity index (χ4n) is 2.97. The molecule has 0 unspecified atom stereocenters. The summed E-state index contributed by atoms with van der Waals surface area (Å²) in [6, 6.07) is 0. The Bertz CT molecular complexity index is 485. The molecule has 136 valence electrons. The summed E-state index contributed by atoms with van der Waals surface area (Å²) in [6.07, 6.45) is 0.829. The summed E-state index contributed by atoms with van der Waals surface area (Å²) in [7, 11) is 0. The van der Waals surface area contributed by atoms with Crippen molar-refractivity contribution >= 4 is 23.8 Å². The quantitative estimate of drug-likeness (QED) is 0.390. The fourth-order valence-corrected chi connectivity index (χ4v) is 2.97. The van der Waals surface area contributed by atoms with Gasteiger partial charge in [-0.2, -0.15) is 0 Å². The van der Waals surface area contributed by atoms with Gasteiger partial charge in [-0.05, 0) is 27.2 Å². The Balaban J connectivity index is 3.38. The highest BCUT2D eigenvalue weighted by Gasteiger charge is 2.66. The average molecular weight is 343 g/mol. The van der Waals surface area contributed by atoms with E-state index in [0.717, 1.165) is 0 Å². The number of rotatable bonds is 8. The van der Waals surface area contributed by atoms with E-state index in [1.54, 1.807) is 20.8 Å². The molecule has 0 aromatic carbocycles. The molecule has 1 aliphatic heterocycles. The molecule has 8 nitrogen and oxygen atoms in total. The molecule has 0 saturated carbocycles. The summed E-state index contributed by atoms with van der Waals surface area (Å²) in [5.41, 5.74) is -2.02. The Kier molecular flexibility index (Phi) is 7.18. The van der Waals surface area contributed by atoms with E-state index in [4.69, 9.17) is 14.2 Å². The molecule has 1 N–H and O–H groups in total. The Morgan fingerprint density at radius 1 is 0.958 bits per heavy atom. The van der Waals surface area contributed by atoms with Crippen LogP contribution in [0.4, 0.5) is 0 Å². The molecule has 0 aliphatic carbocycles. The van der Waals surface area contributed by atoms with Crippen molar-refractivity contribution in [2.24, 2.45) is 11.8 Å². The van der Waals surface area contributed by atoms with E-state index in [0.29, 0.717) is 6.42 Å². The van der Waals surface area contributed by atoms with E-state index in [-0.39, 0.29) is 26.2 Å². The highest BCUT2D eigenvalue weighted by atomic mass is 16.6. The van der Waals surface area contributed by atoms with E-state index >= 15 is 0 Å². The van der Waals surface area contributed by atoms with Crippen molar-refractivity contribution in [2.75, 3.05) is 19.8 Å². The number of ether oxygens (including phenoxy) is 3.